The van der Waals surface area contributed by atoms with Gasteiger partial charge in [0.25, 0.3) is 0 Å². The van der Waals surface area contributed by atoms with Gasteiger partial charge in [-0.3, -0.25) is 0 Å². The molecule has 0 amide bonds. The average molecular weight is 217 g/mol. The Balaban J connectivity index is 2.23. The smallest absolute Gasteiger partial charge is 0.233 e. The Labute approximate surface area is 89.6 Å². The molecule has 1 rings (SSSR count). The molecule has 0 saturated carbocycles. The van der Waals surface area contributed by atoms with E-state index in [1.165, 1.54) is 5.01 Å². The van der Waals surface area contributed by atoms with Gasteiger partial charge in [-0.05, 0) is 19.3 Å². The molecule has 1 fully saturated rings. The fourth-order valence-electron chi connectivity index (χ4n) is 1.37. The van der Waals surface area contributed by atoms with E-state index in [1.54, 1.807) is 0 Å². The Morgan fingerprint density at radius 1 is 1.53 bits per heavy atom. The van der Waals surface area contributed by atoms with E-state index in [2.05, 4.69) is 5.28 Å². The number of hydrogen-bond acceptors (Lipinski definition) is 4. The molecule has 0 atom stereocenters. The Kier molecular flexibility index (Phi) is 5.17. The monoisotopic (exact) mass is 217 g/mol. The fraction of sp³-hybridized carbons (Fsp3) is 1.00. The third-order valence-corrected chi connectivity index (χ3v) is 2.40. The van der Waals surface area contributed by atoms with Gasteiger partial charge in [0, 0.05) is 0 Å². The summed E-state index contributed by atoms with van der Waals surface area (Å²) in [5.41, 5.74) is 0. The minimum atomic E-state index is -0.282. The molecule has 0 radical (unpaired) electrons. The Hall–Kier alpha value is -1.04. The summed E-state index contributed by atoms with van der Waals surface area (Å²) in [4.78, 5) is 5.34. The lowest BCUT2D eigenvalue weighted by molar-refractivity contribution is -0.713. The van der Waals surface area contributed by atoms with Gasteiger partial charge in [-0.25, -0.2) is 0 Å². The van der Waals surface area contributed by atoms with Crippen molar-refractivity contribution in [3.8, 4) is 0 Å². The van der Waals surface area contributed by atoms with Crippen LogP contribution in [0.3, 0.4) is 0 Å². The maximum Gasteiger partial charge on any atom is 0.233 e. The molecule has 6 heteroatoms. The number of rotatable bonds is 5. The summed E-state index contributed by atoms with van der Waals surface area (Å²) < 4.78 is 0. The maximum absolute atomic E-state index is 11.3. The van der Waals surface area contributed by atoms with Crippen LogP contribution in [0.25, 0.3) is 0 Å². The molecule has 88 valence electrons. The van der Waals surface area contributed by atoms with Crippen LogP contribution in [0.5, 0.6) is 0 Å². The molecule has 0 aromatic carbocycles. The van der Waals surface area contributed by atoms with Crippen molar-refractivity contribution >= 4 is 0 Å². The molecule has 0 spiro atoms. The van der Waals surface area contributed by atoms with Crippen molar-refractivity contribution in [1.29, 1.82) is 0 Å². The molecule has 1 N–H and O–H groups in total. The lowest BCUT2D eigenvalue weighted by atomic mass is 10.1. The molecular formula is C9H19N3O3. The molecule has 1 saturated heterocycles. The van der Waals surface area contributed by atoms with Gasteiger partial charge in [0.05, 0.1) is 24.2 Å². The number of hydrogen-bond donors (Lipinski definition) is 1. The number of piperidine rings is 1. The second-order valence-electron chi connectivity index (χ2n) is 3.71. The van der Waals surface area contributed by atoms with Crippen LogP contribution in [0.1, 0.15) is 32.6 Å². The molecule has 0 aromatic rings. The predicted octanol–water partition coefficient (Wildman–Crippen LogP) is 1.05. The summed E-state index contributed by atoms with van der Waals surface area (Å²) in [6.45, 7) is 3.59. The van der Waals surface area contributed by atoms with Gasteiger partial charge in [-0.2, -0.15) is 0 Å². The number of unbranched alkanes of at least 4 members (excludes halogenated alkanes) is 1. The summed E-state index contributed by atoms with van der Waals surface area (Å²) in [7, 11) is 0. The first-order valence-corrected chi connectivity index (χ1v) is 5.47. The summed E-state index contributed by atoms with van der Waals surface area (Å²) in [6.07, 6.45) is 2.86. The van der Waals surface area contributed by atoms with Gasteiger partial charge >= 0.3 is 0 Å². The minimum Gasteiger partial charge on any atom is -0.569 e. The highest BCUT2D eigenvalue weighted by molar-refractivity contribution is 4.64. The highest BCUT2D eigenvalue weighted by Gasteiger charge is 2.22. The Morgan fingerprint density at radius 3 is 2.80 bits per heavy atom. The second-order valence-corrected chi connectivity index (χ2v) is 3.71. The van der Waals surface area contributed by atoms with Crippen LogP contribution in [0.15, 0.2) is 5.28 Å². The molecule has 1 aliphatic rings. The molecule has 0 bridgehead atoms. The third-order valence-electron chi connectivity index (χ3n) is 2.40. The van der Waals surface area contributed by atoms with Crippen LogP contribution in [-0.4, -0.2) is 40.9 Å². The van der Waals surface area contributed by atoms with Crippen molar-refractivity contribution in [1.82, 2.24) is 5.01 Å². The highest BCUT2D eigenvalue weighted by atomic mass is 16.7. The SMILES string of the molecule is CCCCON=[N+]([O-])N1CCC(O)CC1. The van der Waals surface area contributed by atoms with Crippen LogP contribution < -0.4 is 0 Å². The van der Waals surface area contributed by atoms with Crippen molar-refractivity contribution in [2.24, 2.45) is 5.28 Å². The number of aliphatic hydroxyl groups excluding tert-OH is 1. The number of hydrazine groups is 1. The summed E-state index contributed by atoms with van der Waals surface area (Å²) in [5.74, 6) is 0. The van der Waals surface area contributed by atoms with Crippen LogP contribution >= 0.6 is 0 Å². The summed E-state index contributed by atoms with van der Waals surface area (Å²) in [5, 5.41) is 25.5. The standard InChI is InChI=1S/C9H19N3O3/c1-2-3-8-15-10-12(14)11-6-4-9(13)5-7-11/h9,13H,2-8H2,1H3. The van der Waals surface area contributed by atoms with Gasteiger partial charge in [0.15, 0.2) is 0 Å². The van der Waals surface area contributed by atoms with E-state index in [0.717, 1.165) is 12.8 Å². The Morgan fingerprint density at radius 2 is 2.20 bits per heavy atom. The lowest BCUT2D eigenvalue weighted by Crippen LogP contribution is -2.40. The van der Waals surface area contributed by atoms with Gasteiger partial charge in [0.2, 0.25) is 5.28 Å². The van der Waals surface area contributed by atoms with Crippen LogP contribution in [0, 0.1) is 5.21 Å². The second kappa shape index (κ2) is 6.44. The first-order valence-electron chi connectivity index (χ1n) is 5.47. The van der Waals surface area contributed by atoms with E-state index < -0.39 is 0 Å². The molecular weight excluding hydrogens is 198 g/mol. The zero-order valence-corrected chi connectivity index (χ0v) is 9.13. The average Bonchev–Trinajstić information content (AvgIpc) is 2.25. The molecule has 6 nitrogen and oxygen atoms in total. The van der Waals surface area contributed by atoms with Crippen molar-refractivity contribution in [2.75, 3.05) is 19.7 Å². The van der Waals surface area contributed by atoms with Crippen molar-refractivity contribution in [3.63, 3.8) is 0 Å². The van der Waals surface area contributed by atoms with Gasteiger partial charge in [-0.1, -0.05) is 13.3 Å². The van der Waals surface area contributed by atoms with E-state index >= 15 is 0 Å². The first kappa shape index (κ1) is 12.0. The topological polar surface area (TPSA) is 71.1 Å². The zero-order valence-electron chi connectivity index (χ0n) is 9.13. The van der Waals surface area contributed by atoms with Gasteiger partial charge < -0.3 is 15.2 Å². The fourth-order valence-corrected chi connectivity index (χ4v) is 1.37. The third kappa shape index (κ3) is 4.33. The molecule has 0 unspecified atom stereocenters. The van der Waals surface area contributed by atoms with Crippen molar-refractivity contribution < 1.29 is 14.9 Å². The minimum absolute atomic E-state index is 0.282. The molecule has 1 heterocycles. The van der Waals surface area contributed by atoms with Crippen LogP contribution in [0.2, 0.25) is 0 Å². The highest BCUT2D eigenvalue weighted by Crippen LogP contribution is 2.09. The van der Waals surface area contributed by atoms with E-state index in [0.29, 0.717) is 37.5 Å². The summed E-state index contributed by atoms with van der Waals surface area (Å²) >= 11 is 0. The van der Waals surface area contributed by atoms with E-state index in [-0.39, 0.29) is 6.10 Å². The van der Waals surface area contributed by atoms with Gasteiger partial charge in [0.1, 0.15) is 6.61 Å². The zero-order chi connectivity index (χ0) is 11.1. The van der Waals surface area contributed by atoms with Crippen LogP contribution in [0.4, 0.5) is 0 Å². The Bertz CT molecular complexity index is 203. The molecule has 1 aliphatic heterocycles. The van der Waals surface area contributed by atoms with E-state index in [4.69, 9.17) is 4.84 Å². The van der Waals surface area contributed by atoms with E-state index in [1.807, 2.05) is 6.92 Å². The molecule has 0 aliphatic carbocycles. The van der Waals surface area contributed by atoms with Crippen molar-refractivity contribution in [2.45, 2.75) is 38.7 Å². The predicted molar refractivity (Wildman–Crippen MR) is 53.7 cm³/mol. The van der Waals surface area contributed by atoms with Crippen LogP contribution in [-0.2, 0) is 4.84 Å². The largest absolute Gasteiger partial charge is 0.569 e. The van der Waals surface area contributed by atoms with Crippen molar-refractivity contribution in [3.05, 3.63) is 5.21 Å². The van der Waals surface area contributed by atoms with Gasteiger partial charge in [-0.15, -0.1) is 5.01 Å². The number of nitrogens with zero attached hydrogens (tertiary/aromatic N) is 3. The quantitative estimate of drug-likeness (QED) is 0.323. The number of aliphatic hydroxyl groups is 1. The molecule has 15 heavy (non-hydrogen) atoms. The summed E-state index contributed by atoms with van der Waals surface area (Å²) in [6, 6.07) is 0. The molecule has 0 aromatic heterocycles. The maximum atomic E-state index is 11.3. The lowest BCUT2D eigenvalue weighted by Gasteiger charge is -2.25. The first-order chi connectivity index (χ1) is 7.24. The normalized spacial score (nSPS) is 19.3. The van der Waals surface area contributed by atoms with E-state index in [9.17, 15) is 10.3 Å².